The van der Waals surface area contributed by atoms with E-state index >= 15 is 0 Å². The third-order valence-electron chi connectivity index (χ3n) is 8.39. The molecule has 1 aromatic carbocycles. The second-order valence-electron chi connectivity index (χ2n) is 10.9. The van der Waals surface area contributed by atoms with E-state index in [1.165, 1.54) is 11.8 Å². The maximum atomic E-state index is 13.9. The fourth-order valence-electron chi connectivity index (χ4n) is 5.91. The van der Waals surface area contributed by atoms with Crippen molar-refractivity contribution in [1.29, 1.82) is 0 Å². The number of nitrogens with zero attached hydrogens (tertiary/aromatic N) is 2. The van der Waals surface area contributed by atoms with Gasteiger partial charge in [-0.15, -0.1) is 0 Å². The molecule has 1 heterocycles. The monoisotopic (exact) mass is 453 g/mol. The Bertz CT molecular complexity index is 962. The lowest BCUT2D eigenvalue weighted by atomic mass is 9.92. The first-order chi connectivity index (χ1) is 15.5. The summed E-state index contributed by atoms with van der Waals surface area (Å²) in [6, 6.07) is 5.90. The van der Waals surface area contributed by atoms with E-state index in [-0.39, 0.29) is 52.8 Å². The summed E-state index contributed by atoms with van der Waals surface area (Å²) in [5.41, 5.74) is 0.785. The fraction of sp³-hybridized carbons (Fsp3) is 0.615. The molecule has 0 bridgehead atoms. The van der Waals surface area contributed by atoms with E-state index in [4.69, 9.17) is 0 Å². The molecule has 0 spiro atoms. The molecular formula is C26H35N3O4. The van der Waals surface area contributed by atoms with Gasteiger partial charge in [0.2, 0.25) is 17.7 Å². The van der Waals surface area contributed by atoms with Crippen LogP contribution < -0.4 is 10.2 Å². The number of carbonyl (C=O) groups is 4. The van der Waals surface area contributed by atoms with E-state index in [0.717, 1.165) is 32.1 Å². The van der Waals surface area contributed by atoms with Crippen LogP contribution in [0.25, 0.3) is 0 Å². The Morgan fingerprint density at radius 2 is 1.55 bits per heavy atom. The minimum atomic E-state index is -0.754. The molecule has 1 aliphatic heterocycles. The molecule has 1 atom stereocenters. The molecule has 7 heteroatoms. The minimum absolute atomic E-state index is 0.00212. The number of rotatable bonds is 5. The van der Waals surface area contributed by atoms with Gasteiger partial charge in [0.25, 0.3) is 5.91 Å². The largest absolute Gasteiger partial charge is 0.327 e. The van der Waals surface area contributed by atoms with Crippen LogP contribution in [0.15, 0.2) is 24.3 Å². The van der Waals surface area contributed by atoms with Crippen LogP contribution in [0, 0.1) is 16.7 Å². The van der Waals surface area contributed by atoms with Gasteiger partial charge >= 0.3 is 0 Å². The molecule has 178 valence electrons. The number of hydrogen-bond acceptors (Lipinski definition) is 4. The summed E-state index contributed by atoms with van der Waals surface area (Å²) in [4.78, 5) is 54.7. The lowest BCUT2D eigenvalue weighted by Gasteiger charge is -2.38. The van der Waals surface area contributed by atoms with Gasteiger partial charge in [0, 0.05) is 24.6 Å². The molecule has 1 unspecified atom stereocenters. The standard InChI is InChI=1S/C26H35N3O4/c1-16(30)27-17-11-13-19(14-12-17)29-21(31)15-20(23(29)32)28(18-9-7-6-8-10-18)24(33)22-25(2,3)26(22,4)5/h11-14,18,20,22H,6-10,15H2,1-5H3,(H,27,30). The second-order valence-corrected chi connectivity index (χ2v) is 10.9. The van der Waals surface area contributed by atoms with Gasteiger partial charge in [-0.2, -0.15) is 0 Å². The Labute approximate surface area is 195 Å². The van der Waals surface area contributed by atoms with E-state index in [1.54, 1.807) is 29.2 Å². The number of anilines is 2. The van der Waals surface area contributed by atoms with E-state index in [2.05, 4.69) is 33.0 Å². The van der Waals surface area contributed by atoms with Crippen molar-refractivity contribution in [2.24, 2.45) is 16.7 Å². The van der Waals surface area contributed by atoms with Gasteiger partial charge < -0.3 is 10.2 Å². The first-order valence-corrected chi connectivity index (χ1v) is 12.0. The van der Waals surface area contributed by atoms with Gasteiger partial charge in [-0.05, 0) is 47.9 Å². The van der Waals surface area contributed by atoms with Crippen molar-refractivity contribution in [3.8, 4) is 0 Å². The zero-order chi connectivity index (χ0) is 24.1. The lowest BCUT2D eigenvalue weighted by molar-refractivity contribution is -0.144. The van der Waals surface area contributed by atoms with Crippen molar-refractivity contribution < 1.29 is 19.2 Å². The highest BCUT2D eigenvalue weighted by Gasteiger charge is 2.69. The van der Waals surface area contributed by atoms with Crippen molar-refractivity contribution in [3.05, 3.63) is 24.3 Å². The van der Waals surface area contributed by atoms with Crippen molar-refractivity contribution in [2.75, 3.05) is 10.2 Å². The third kappa shape index (κ3) is 3.96. The summed E-state index contributed by atoms with van der Waals surface area (Å²) < 4.78 is 0. The van der Waals surface area contributed by atoms with Crippen LogP contribution >= 0.6 is 0 Å². The average molecular weight is 454 g/mol. The van der Waals surface area contributed by atoms with Crippen LogP contribution in [0.2, 0.25) is 0 Å². The van der Waals surface area contributed by atoms with Gasteiger partial charge in [0.1, 0.15) is 6.04 Å². The van der Waals surface area contributed by atoms with E-state index < -0.39 is 6.04 Å². The van der Waals surface area contributed by atoms with E-state index in [0.29, 0.717) is 11.4 Å². The van der Waals surface area contributed by atoms with Crippen LogP contribution in [0.3, 0.4) is 0 Å². The Morgan fingerprint density at radius 3 is 2.06 bits per heavy atom. The number of imide groups is 1. The molecule has 1 aromatic rings. The van der Waals surface area contributed by atoms with Crippen molar-refractivity contribution in [1.82, 2.24) is 4.90 Å². The molecule has 4 rings (SSSR count). The third-order valence-corrected chi connectivity index (χ3v) is 8.39. The molecule has 3 fully saturated rings. The molecule has 2 aliphatic carbocycles. The fourth-order valence-corrected chi connectivity index (χ4v) is 5.91. The van der Waals surface area contributed by atoms with Gasteiger partial charge in [-0.25, -0.2) is 4.90 Å². The SMILES string of the molecule is CC(=O)Nc1ccc(N2C(=O)CC(N(C(=O)C3C(C)(C)C3(C)C)C3CCCCC3)C2=O)cc1. The average Bonchev–Trinajstić information content (AvgIpc) is 2.98. The summed E-state index contributed by atoms with van der Waals surface area (Å²) in [5, 5.41) is 2.68. The van der Waals surface area contributed by atoms with Crippen molar-refractivity contribution in [2.45, 2.75) is 85.2 Å². The van der Waals surface area contributed by atoms with Crippen LogP contribution in [-0.4, -0.2) is 40.6 Å². The summed E-state index contributed by atoms with van der Waals surface area (Å²) in [6.45, 7) is 9.86. The molecule has 1 saturated heterocycles. The predicted molar refractivity (Wildman–Crippen MR) is 126 cm³/mol. The number of nitrogens with one attached hydrogen (secondary N) is 1. The van der Waals surface area contributed by atoms with Gasteiger partial charge in [0.15, 0.2) is 0 Å². The van der Waals surface area contributed by atoms with Crippen molar-refractivity contribution >= 4 is 35.0 Å². The maximum Gasteiger partial charge on any atom is 0.257 e. The number of amides is 4. The highest BCUT2D eigenvalue weighted by molar-refractivity contribution is 6.23. The molecule has 1 N–H and O–H groups in total. The number of benzene rings is 1. The van der Waals surface area contributed by atoms with Gasteiger partial charge in [-0.3, -0.25) is 19.2 Å². The Kier molecular flexibility index (Phi) is 5.87. The highest BCUT2D eigenvalue weighted by atomic mass is 16.2. The zero-order valence-electron chi connectivity index (χ0n) is 20.3. The van der Waals surface area contributed by atoms with E-state index in [9.17, 15) is 19.2 Å². The normalized spacial score (nSPS) is 24.6. The summed E-state index contributed by atoms with van der Waals surface area (Å²) in [7, 11) is 0. The Morgan fingerprint density at radius 1 is 0.970 bits per heavy atom. The Balaban J connectivity index is 1.61. The van der Waals surface area contributed by atoms with Crippen LogP contribution in [0.1, 0.15) is 73.1 Å². The lowest BCUT2D eigenvalue weighted by Crippen LogP contribution is -2.52. The Hall–Kier alpha value is -2.70. The van der Waals surface area contributed by atoms with Crippen LogP contribution in [0.5, 0.6) is 0 Å². The summed E-state index contributed by atoms with van der Waals surface area (Å²) >= 11 is 0. The van der Waals surface area contributed by atoms with Crippen LogP contribution in [-0.2, 0) is 19.2 Å². The smallest absolute Gasteiger partial charge is 0.257 e. The first kappa shape index (κ1) is 23.5. The quantitative estimate of drug-likeness (QED) is 0.680. The summed E-state index contributed by atoms with van der Waals surface area (Å²) in [6.07, 6.45) is 4.99. The number of hydrogen-bond donors (Lipinski definition) is 1. The molecular weight excluding hydrogens is 418 g/mol. The molecule has 2 saturated carbocycles. The zero-order valence-corrected chi connectivity index (χ0v) is 20.3. The predicted octanol–water partition coefficient (Wildman–Crippen LogP) is 4.12. The van der Waals surface area contributed by atoms with Crippen molar-refractivity contribution in [3.63, 3.8) is 0 Å². The van der Waals surface area contributed by atoms with Gasteiger partial charge in [-0.1, -0.05) is 47.0 Å². The summed E-state index contributed by atoms with van der Waals surface area (Å²) in [5.74, 6) is -0.946. The molecule has 4 amide bonds. The van der Waals surface area contributed by atoms with Gasteiger partial charge in [0.05, 0.1) is 12.1 Å². The number of carbonyl (C=O) groups excluding carboxylic acids is 4. The topological polar surface area (TPSA) is 86.8 Å². The molecule has 3 aliphatic rings. The van der Waals surface area contributed by atoms with Crippen LogP contribution in [0.4, 0.5) is 11.4 Å². The highest BCUT2D eigenvalue weighted by Crippen LogP contribution is 2.69. The molecule has 0 aromatic heterocycles. The maximum absolute atomic E-state index is 13.9. The molecule has 33 heavy (non-hydrogen) atoms. The molecule has 7 nitrogen and oxygen atoms in total. The first-order valence-electron chi connectivity index (χ1n) is 12.0. The second kappa shape index (κ2) is 8.26. The molecule has 0 radical (unpaired) electrons. The van der Waals surface area contributed by atoms with E-state index in [1.807, 2.05) is 0 Å². The minimum Gasteiger partial charge on any atom is -0.327 e.